The fourth-order valence-corrected chi connectivity index (χ4v) is 6.57. The highest BCUT2D eigenvalue weighted by Crippen LogP contribution is 2.44. The lowest BCUT2D eigenvalue weighted by Crippen LogP contribution is -2.28. The van der Waals surface area contributed by atoms with E-state index in [1.165, 1.54) is 30.4 Å². The van der Waals surface area contributed by atoms with Crippen molar-refractivity contribution in [2.75, 3.05) is 33.6 Å². The van der Waals surface area contributed by atoms with Crippen molar-refractivity contribution in [1.82, 2.24) is 19.5 Å². The van der Waals surface area contributed by atoms with Gasteiger partial charge >= 0.3 is 0 Å². The van der Waals surface area contributed by atoms with Crippen LogP contribution in [0.5, 0.6) is 5.88 Å². The number of fused-ring (bicyclic) bond motifs is 3. The van der Waals surface area contributed by atoms with Gasteiger partial charge in [-0.3, -0.25) is 4.98 Å². The summed E-state index contributed by atoms with van der Waals surface area (Å²) in [5.74, 6) is 5.99. The Kier molecular flexibility index (Phi) is 7.42. The van der Waals surface area contributed by atoms with Crippen molar-refractivity contribution in [2.24, 2.45) is 17.5 Å². The molecule has 1 unspecified atom stereocenters. The molecule has 5 rings (SSSR count). The molecular formula is C28H33FN6O4S. The molecule has 0 saturated carbocycles. The first kappa shape index (κ1) is 27.8. The zero-order valence-corrected chi connectivity index (χ0v) is 23.7. The number of nitrogens with zero attached hydrogens (tertiary/aromatic N) is 4. The standard InChI is InChI=1S/C28H33FN6O4S/c1-16(30)25(34(2)31)19-13-21-24(32-14-19)23-27(22(40(4,36)37)15-33-28(23)38-3)35(21)26(17-8-10-39-11-9-17)18-6-5-7-20(29)12-18/h5-7,12-15,17,26H,8-11,30-31H2,1-4H3/b25-16-. The Labute approximate surface area is 232 Å². The number of hydrogen-bond acceptors (Lipinski definition) is 9. The van der Waals surface area contributed by atoms with Crippen molar-refractivity contribution in [3.63, 3.8) is 0 Å². The van der Waals surface area contributed by atoms with E-state index < -0.39 is 15.9 Å². The molecule has 4 heterocycles. The quantitative estimate of drug-likeness (QED) is 0.253. The number of nitrogens with two attached hydrogens (primary N) is 2. The summed E-state index contributed by atoms with van der Waals surface area (Å²) in [6, 6.07) is 7.84. The monoisotopic (exact) mass is 568 g/mol. The molecule has 10 nitrogen and oxygen atoms in total. The van der Waals surface area contributed by atoms with Crippen LogP contribution in [0.2, 0.25) is 0 Å². The van der Waals surface area contributed by atoms with E-state index >= 15 is 0 Å². The first-order valence-electron chi connectivity index (χ1n) is 12.9. The maximum Gasteiger partial charge on any atom is 0.224 e. The second kappa shape index (κ2) is 10.7. The number of pyridine rings is 2. The summed E-state index contributed by atoms with van der Waals surface area (Å²) in [6.07, 6.45) is 5.49. The van der Waals surface area contributed by atoms with Gasteiger partial charge in [0.1, 0.15) is 16.2 Å². The summed E-state index contributed by atoms with van der Waals surface area (Å²) in [6.45, 7) is 2.82. The van der Waals surface area contributed by atoms with E-state index in [0.29, 0.717) is 70.5 Å². The molecule has 1 aliphatic rings. The normalized spacial score (nSPS) is 16.2. The number of aromatic nitrogens is 3. The van der Waals surface area contributed by atoms with Crippen LogP contribution in [-0.4, -0.2) is 61.6 Å². The Morgan fingerprint density at radius 3 is 2.55 bits per heavy atom. The molecule has 1 saturated heterocycles. The number of sulfone groups is 1. The minimum atomic E-state index is -3.76. The predicted octanol–water partition coefficient (Wildman–Crippen LogP) is 3.60. The van der Waals surface area contributed by atoms with Crippen LogP contribution in [0.3, 0.4) is 0 Å². The van der Waals surface area contributed by atoms with E-state index in [4.69, 9.17) is 26.0 Å². The summed E-state index contributed by atoms with van der Waals surface area (Å²) < 4.78 is 54.3. The first-order chi connectivity index (χ1) is 19.0. The van der Waals surface area contributed by atoms with E-state index in [-0.39, 0.29) is 22.5 Å². The molecule has 1 aliphatic heterocycles. The van der Waals surface area contributed by atoms with Gasteiger partial charge in [-0.2, -0.15) is 0 Å². The minimum Gasteiger partial charge on any atom is -0.480 e. The summed E-state index contributed by atoms with van der Waals surface area (Å²) in [7, 11) is -0.601. The Balaban J connectivity index is 2.00. The van der Waals surface area contributed by atoms with Crippen LogP contribution in [0.25, 0.3) is 27.6 Å². The van der Waals surface area contributed by atoms with Crippen molar-refractivity contribution in [2.45, 2.75) is 30.7 Å². The molecule has 212 valence electrons. The molecule has 0 radical (unpaired) electrons. The summed E-state index contributed by atoms with van der Waals surface area (Å²) in [4.78, 5) is 9.14. The van der Waals surface area contributed by atoms with Crippen LogP contribution in [0.1, 0.15) is 36.9 Å². The molecular weight excluding hydrogens is 535 g/mol. The summed E-state index contributed by atoms with van der Waals surface area (Å²) >= 11 is 0. The van der Waals surface area contributed by atoms with Crippen molar-refractivity contribution < 1.29 is 22.3 Å². The Morgan fingerprint density at radius 1 is 1.23 bits per heavy atom. The lowest BCUT2D eigenvalue weighted by molar-refractivity contribution is 0.0552. The number of benzene rings is 1. The highest BCUT2D eigenvalue weighted by Gasteiger charge is 2.34. The topological polar surface area (TPSA) is 139 Å². The molecule has 4 aromatic rings. The van der Waals surface area contributed by atoms with Crippen molar-refractivity contribution in [1.29, 1.82) is 0 Å². The lowest BCUT2D eigenvalue weighted by Gasteiger charge is -2.33. The fraction of sp³-hybridized carbons (Fsp3) is 0.357. The van der Waals surface area contributed by atoms with E-state index in [1.54, 1.807) is 26.2 Å². The van der Waals surface area contributed by atoms with E-state index in [2.05, 4.69) is 4.98 Å². The summed E-state index contributed by atoms with van der Waals surface area (Å²) in [5, 5.41) is 1.87. The number of methoxy groups -OCH3 is 1. The average molecular weight is 569 g/mol. The molecule has 1 atom stereocenters. The highest BCUT2D eigenvalue weighted by atomic mass is 32.2. The Bertz CT molecular complexity index is 1720. The number of ether oxygens (including phenoxy) is 2. The van der Waals surface area contributed by atoms with Gasteiger partial charge in [-0.05, 0) is 49.4 Å². The first-order valence-corrected chi connectivity index (χ1v) is 14.8. The SMILES string of the molecule is COc1ncc(S(C)(=O)=O)c2c1c1ncc(/C(=C(\C)N)N(C)N)cc1n2C(c1cccc(F)c1)C1CCOCC1. The zero-order valence-electron chi connectivity index (χ0n) is 22.9. The molecule has 4 N–H and O–H groups in total. The van der Waals surface area contributed by atoms with E-state index in [9.17, 15) is 12.8 Å². The van der Waals surface area contributed by atoms with Crippen LogP contribution >= 0.6 is 0 Å². The van der Waals surface area contributed by atoms with Gasteiger partial charge in [-0.1, -0.05) is 12.1 Å². The van der Waals surface area contributed by atoms with Gasteiger partial charge in [0.25, 0.3) is 0 Å². The van der Waals surface area contributed by atoms with Gasteiger partial charge in [-0.25, -0.2) is 23.6 Å². The molecule has 3 aromatic heterocycles. The number of halogens is 1. The van der Waals surface area contributed by atoms with Gasteiger partial charge < -0.3 is 24.8 Å². The van der Waals surface area contributed by atoms with Crippen LogP contribution in [0, 0.1) is 11.7 Å². The fourth-order valence-electron chi connectivity index (χ4n) is 5.78. The van der Waals surface area contributed by atoms with Gasteiger partial charge in [0.2, 0.25) is 5.88 Å². The molecule has 1 aromatic carbocycles. The Hall–Kier alpha value is -3.74. The van der Waals surface area contributed by atoms with Crippen molar-refractivity contribution in [3.8, 4) is 5.88 Å². The minimum absolute atomic E-state index is 0.00742. The van der Waals surface area contributed by atoms with Gasteiger partial charge in [0.15, 0.2) is 9.84 Å². The molecule has 0 bridgehead atoms. The number of hydrazine groups is 1. The maximum atomic E-state index is 14.7. The smallest absolute Gasteiger partial charge is 0.224 e. The van der Waals surface area contributed by atoms with Gasteiger partial charge in [0, 0.05) is 44.0 Å². The lowest BCUT2D eigenvalue weighted by atomic mass is 9.86. The third-order valence-electron chi connectivity index (χ3n) is 7.36. The van der Waals surface area contributed by atoms with E-state index in [0.717, 1.165) is 6.26 Å². The molecule has 0 amide bonds. The molecule has 0 spiro atoms. The molecule has 12 heteroatoms. The van der Waals surface area contributed by atoms with Crippen LogP contribution in [0.15, 0.2) is 53.3 Å². The number of allylic oxidation sites excluding steroid dienone is 1. The highest BCUT2D eigenvalue weighted by molar-refractivity contribution is 7.91. The van der Waals surface area contributed by atoms with Crippen LogP contribution < -0.4 is 16.3 Å². The maximum absolute atomic E-state index is 14.7. The average Bonchev–Trinajstić information content (AvgIpc) is 3.22. The Morgan fingerprint density at radius 2 is 1.95 bits per heavy atom. The van der Waals surface area contributed by atoms with Gasteiger partial charge in [-0.15, -0.1) is 0 Å². The van der Waals surface area contributed by atoms with Gasteiger partial charge in [0.05, 0.1) is 41.5 Å². The second-order valence-electron chi connectivity index (χ2n) is 10.2. The largest absolute Gasteiger partial charge is 0.480 e. The van der Waals surface area contributed by atoms with Crippen molar-refractivity contribution >= 4 is 37.5 Å². The van der Waals surface area contributed by atoms with Crippen molar-refractivity contribution in [3.05, 3.63) is 65.4 Å². The molecule has 40 heavy (non-hydrogen) atoms. The second-order valence-corrected chi connectivity index (χ2v) is 12.2. The summed E-state index contributed by atoms with van der Waals surface area (Å²) in [5.41, 5.74) is 10.1. The molecule has 0 aliphatic carbocycles. The van der Waals surface area contributed by atoms with E-state index in [1.807, 2.05) is 16.7 Å². The third-order valence-corrected chi connectivity index (χ3v) is 8.46. The van der Waals surface area contributed by atoms with Crippen LogP contribution in [0.4, 0.5) is 4.39 Å². The molecule has 1 fully saturated rings. The number of hydrogen-bond donors (Lipinski definition) is 2. The van der Waals surface area contributed by atoms with Crippen LogP contribution in [-0.2, 0) is 14.6 Å². The predicted molar refractivity (Wildman–Crippen MR) is 152 cm³/mol. The zero-order chi connectivity index (χ0) is 28.8. The number of rotatable bonds is 7. The third kappa shape index (κ3) is 4.87.